The smallest absolute Gasteiger partial charge is 0.254 e. The Labute approximate surface area is 258 Å². The fraction of sp³-hybridized carbons (Fsp3) is 0.171. The van der Waals surface area contributed by atoms with Crippen LogP contribution in [-0.4, -0.2) is 52.8 Å². The van der Waals surface area contributed by atoms with Gasteiger partial charge in [0.25, 0.3) is 11.8 Å². The molecule has 1 aliphatic rings. The monoisotopic (exact) mass is 635 g/mol. The lowest BCUT2D eigenvalue weighted by Crippen LogP contribution is -2.50. The number of aryl methyl sites for hydroxylation is 1. The number of hydrogen-bond acceptors (Lipinski definition) is 5. The van der Waals surface area contributed by atoms with Gasteiger partial charge in [0.2, 0.25) is 0 Å². The van der Waals surface area contributed by atoms with Crippen molar-refractivity contribution < 1.29 is 18.7 Å². The quantitative estimate of drug-likeness (QED) is 0.188. The number of carbonyl (C=O) groups is 2. The van der Waals surface area contributed by atoms with Gasteiger partial charge in [-0.05, 0) is 85.3 Å². The summed E-state index contributed by atoms with van der Waals surface area (Å²) in [7, 11) is 0. The first kappa shape index (κ1) is 28.4. The molecule has 2 aromatic heterocycles. The van der Waals surface area contributed by atoms with Gasteiger partial charge >= 0.3 is 0 Å². The summed E-state index contributed by atoms with van der Waals surface area (Å²) in [6, 6.07) is 28.5. The van der Waals surface area contributed by atoms with E-state index in [1.54, 1.807) is 17.0 Å². The number of halogens is 1. The minimum atomic E-state index is -0.0824. The van der Waals surface area contributed by atoms with E-state index >= 15 is 0 Å². The molecule has 1 saturated heterocycles. The van der Waals surface area contributed by atoms with Crippen LogP contribution in [0.5, 0.6) is 5.75 Å². The lowest BCUT2D eigenvalue weighted by Gasteiger charge is -2.35. The zero-order chi connectivity index (χ0) is 29.8. The summed E-state index contributed by atoms with van der Waals surface area (Å²) in [5.41, 5.74) is 3.65. The summed E-state index contributed by atoms with van der Waals surface area (Å²) in [6.07, 6.45) is 3.70. The zero-order valence-electron chi connectivity index (χ0n) is 23.7. The number of pyridine rings is 1. The Morgan fingerprint density at radius 3 is 2.28 bits per heavy atom. The van der Waals surface area contributed by atoms with Crippen LogP contribution in [0.2, 0.25) is 0 Å². The minimum Gasteiger partial charge on any atom is -0.489 e. The maximum Gasteiger partial charge on any atom is 0.254 e. The van der Waals surface area contributed by atoms with E-state index in [-0.39, 0.29) is 11.8 Å². The molecule has 0 saturated carbocycles. The molecule has 0 radical (unpaired) electrons. The Bertz CT molecular complexity index is 1790. The molecule has 3 heterocycles. The molecule has 0 atom stereocenters. The van der Waals surface area contributed by atoms with Crippen molar-refractivity contribution >= 4 is 50.8 Å². The van der Waals surface area contributed by atoms with Crippen LogP contribution in [0.3, 0.4) is 0 Å². The van der Waals surface area contributed by atoms with Gasteiger partial charge < -0.3 is 19.0 Å². The second kappa shape index (κ2) is 12.7. The van der Waals surface area contributed by atoms with Gasteiger partial charge in [-0.25, -0.2) is 4.98 Å². The third kappa shape index (κ3) is 6.70. The second-order valence-electron chi connectivity index (χ2n) is 10.4. The van der Waals surface area contributed by atoms with Crippen molar-refractivity contribution in [3.05, 3.63) is 129 Å². The molecule has 0 aliphatic carbocycles. The topological polar surface area (TPSA) is 75.9 Å². The summed E-state index contributed by atoms with van der Waals surface area (Å²) < 4.78 is 12.4. The van der Waals surface area contributed by atoms with Gasteiger partial charge in [-0.3, -0.25) is 9.59 Å². The molecule has 3 aromatic carbocycles. The van der Waals surface area contributed by atoms with Gasteiger partial charge in [-0.15, -0.1) is 0 Å². The fourth-order valence-electron chi connectivity index (χ4n) is 5.09. The molecule has 0 spiro atoms. The van der Waals surface area contributed by atoms with E-state index in [1.807, 2.05) is 103 Å². The van der Waals surface area contributed by atoms with Crippen LogP contribution in [-0.2, 0) is 6.61 Å². The van der Waals surface area contributed by atoms with Crippen LogP contribution in [0.25, 0.3) is 23.1 Å². The molecular weight excluding hydrogens is 606 g/mol. The SMILES string of the molecule is Cc1ccc(/C=C/c2cc(C(=O)N3CCN(C(=O)c4ccc(OCc5ccccc5)cc4)CC3)c3cc(Br)ccc3n2)o1. The number of aromatic nitrogens is 1. The zero-order valence-corrected chi connectivity index (χ0v) is 25.3. The van der Waals surface area contributed by atoms with E-state index in [0.29, 0.717) is 55.4 Å². The number of piperazine rings is 1. The number of rotatable bonds is 7. The first-order valence-electron chi connectivity index (χ1n) is 14.1. The summed E-state index contributed by atoms with van der Waals surface area (Å²) in [5.74, 6) is 2.12. The molecule has 8 heteroatoms. The molecule has 1 fully saturated rings. The average Bonchev–Trinajstić information content (AvgIpc) is 3.47. The van der Waals surface area contributed by atoms with Crippen LogP contribution in [0.15, 0.2) is 99.9 Å². The van der Waals surface area contributed by atoms with Crippen molar-refractivity contribution in [3.63, 3.8) is 0 Å². The van der Waals surface area contributed by atoms with Crippen molar-refractivity contribution in [1.29, 1.82) is 0 Å². The number of carbonyl (C=O) groups excluding carboxylic acids is 2. The number of amides is 2. The van der Waals surface area contributed by atoms with E-state index in [9.17, 15) is 9.59 Å². The lowest BCUT2D eigenvalue weighted by atomic mass is 10.1. The molecule has 0 bridgehead atoms. The van der Waals surface area contributed by atoms with E-state index in [2.05, 4.69) is 15.9 Å². The fourth-order valence-corrected chi connectivity index (χ4v) is 5.45. The molecule has 7 nitrogen and oxygen atoms in total. The highest BCUT2D eigenvalue weighted by atomic mass is 79.9. The van der Waals surface area contributed by atoms with Gasteiger partial charge in [-0.1, -0.05) is 46.3 Å². The van der Waals surface area contributed by atoms with Crippen LogP contribution in [0, 0.1) is 6.92 Å². The highest BCUT2D eigenvalue weighted by Crippen LogP contribution is 2.26. The van der Waals surface area contributed by atoms with Crippen molar-refractivity contribution in [1.82, 2.24) is 14.8 Å². The molecular formula is C35H30BrN3O4. The molecule has 2 amide bonds. The lowest BCUT2D eigenvalue weighted by molar-refractivity contribution is 0.0536. The van der Waals surface area contributed by atoms with Crippen LogP contribution in [0.1, 0.15) is 43.5 Å². The van der Waals surface area contributed by atoms with E-state index < -0.39 is 0 Å². The Balaban J connectivity index is 1.12. The number of benzene rings is 3. The Morgan fingerprint density at radius 1 is 0.860 bits per heavy atom. The molecule has 216 valence electrons. The highest BCUT2D eigenvalue weighted by Gasteiger charge is 2.27. The first-order chi connectivity index (χ1) is 20.9. The van der Waals surface area contributed by atoms with Crippen molar-refractivity contribution in [2.24, 2.45) is 0 Å². The van der Waals surface area contributed by atoms with E-state index in [4.69, 9.17) is 14.1 Å². The number of furan rings is 1. The summed E-state index contributed by atoms with van der Waals surface area (Å²) in [6.45, 7) is 4.15. The van der Waals surface area contributed by atoms with Gasteiger partial charge in [-0.2, -0.15) is 0 Å². The number of hydrogen-bond donors (Lipinski definition) is 0. The highest BCUT2D eigenvalue weighted by molar-refractivity contribution is 9.10. The van der Waals surface area contributed by atoms with Crippen LogP contribution in [0.4, 0.5) is 0 Å². The van der Waals surface area contributed by atoms with E-state index in [1.165, 1.54) is 0 Å². The third-order valence-corrected chi connectivity index (χ3v) is 7.90. The van der Waals surface area contributed by atoms with Gasteiger partial charge in [0, 0.05) is 41.6 Å². The normalized spacial score (nSPS) is 13.5. The molecule has 0 unspecified atom stereocenters. The first-order valence-corrected chi connectivity index (χ1v) is 14.9. The molecule has 43 heavy (non-hydrogen) atoms. The Morgan fingerprint density at radius 2 is 1.58 bits per heavy atom. The van der Waals surface area contributed by atoms with Crippen LogP contribution < -0.4 is 4.74 Å². The predicted molar refractivity (Wildman–Crippen MR) is 171 cm³/mol. The molecule has 5 aromatic rings. The average molecular weight is 637 g/mol. The molecule has 0 N–H and O–H groups in total. The van der Waals surface area contributed by atoms with Gasteiger partial charge in [0.15, 0.2) is 0 Å². The maximum atomic E-state index is 13.8. The Kier molecular flexibility index (Phi) is 8.38. The number of nitrogens with zero attached hydrogens (tertiary/aromatic N) is 3. The van der Waals surface area contributed by atoms with Gasteiger partial charge in [0.05, 0.1) is 16.8 Å². The Hall–Kier alpha value is -4.69. The molecule has 6 rings (SSSR count). The maximum absolute atomic E-state index is 13.8. The third-order valence-electron chi connectivity index (χ3n) is 7.40. The number of fused-ring (bicyclic) bond motifs is 1. The van der Waals surface area contributed by atoms with Crippen molar-refractivity contribution in [2.75, 3.05) is 26.2 Å². The predicted octanol–water partition coefficient (Wildman–Crippen LogP) is 7.25. The van der Waals surface area contributed by atoms with Crippen molar-refractivity contribution in [3.8, 4) is 5.75 Å². The number of ether oxygens (including phenoxy) is 1. The van der Waals surface area contributed by atoms with Gasteiger partial charge in [0.1, 0.15) is 23.9 Å². The largest absolute Gasteiger partial charge is 0.489 e. The standard InChI is InChI=1S/C35H30BrN3O4/c1-24-7-12-30(43-24)15-11-28-22-32(31-21-27(36)10-16-33(31)37-28)35(41)39-19-17-38(18-20-39)34(40)26-8-13-29(14-9-26)42-23-25-5-3-2-4-6-25/h2-16,21-22H,17-20,23H2,1H3/b15-11+. The van der Waals surface area contributed by atoms with Crippen molar-refractivity contribution in [2.45, 2.75) is 13.5 Å². The second-order valence-corrected chi connectivity index (χ2v) is 11.3. The summed E-state index contributed by atoms with van der Waals surface area (Å²) in [4.78, 5) is 35.4. The van der Waals surface area contributed by atoms with E-state index in [0.717, 1.165) is 32.5 Å². The molecule has 1 aliphatic heterocycles. The summed E-state index contributed by atoms with van der Waals surface area (Å²) >= 11 is 3.53. The van der Waals surface area contributed by atoms with Crippen LogP contribution >= 0.6 is 15.9 Å². The minimum absolute atomic E-state index is 0.0550. The summed E-state index contributed by atoms with van der Waals surface area (Å²) in [5, 5.41) is 0.776.